The van der Waals surface area contributed by atoms with E-state index in [4.69, 9.17) is 9.15 Å². The Hall–Kier alpha value is -4.19. The Bertz CT molecular complexity index is 1290. The maximum absolute atomic E-state index is 13.9. The molecule has 1 saturated heterocycles. The third-order valence-electron chi connectivity index (χ3n) is 6.11. The van der Waals surface area contributed by atoms with Crippen LogP contribution in [-0.2, 0) is 28.0 Å². The monoisotopic (exact) mass is 452 g/mol. The number of hydrogen-bond donors (Lipinski definition) is 0. The average Bonchev–Trinajstić information content (AvgIpc) is 3.43. The van der Waals surface area contributed by atoms with Gasteiger partial charge in [-0.05, 0) is 23.6 Å². The number of imide groups is 1. The fourth-order valence-corrected chi connectivity index (χ4v) is 4.31. The minimum Gasteiger partial charge on any atom is -0.441 e. The van der Waals surface area contributed by atoms with Crippen LogP contribution in [-0.4, -0.2) is 21.9 Å². The van der Waals surface area contributed by atoms with Crippen molar-refractivity contribution >= 4 is 12.0 Å². The van der Waals surface area contributed by atoms with Crippen LogP contribution in [0.5, 0.6) is 0 Å². The predicted molar refractivity (Wildman–Crippen MR) is 126 cm³/mol. The van der Waals surface area contributed by atoms with E-state index in [1.165, 1.54) is 4.90 Å². The van der Waals surface area contributed by atoms with Crippen LogP contribution in [0.4, 0.5) is 4.79 Å². The fraction of sp³-hybridized carbons (Fsp3) is 0.179. The van der Waals surface area contributed by atoms with Gasteiger partial charge in [0, 0.05) is 12.8 Å². The van der Waals surface area contributed by atoms with Crippen molar-refractivity contribution in [1.29, 1.82) is 0 Å². The Morgan fingerprint density at radius 2 is 1.44 bits per heavy atom. The van der Waals surface area contributed by atoms with Gasteiger partial charge in [0.15, 0.2) is 0 Å². The summed E-state index contributed by atoms with van der Waals surface area (Å²) >= 11 is 0. The van der Waals surface area contributed by atoms with Gasteiger partial charge in [-0.3, -0.25) is 4.79 Å². The molecule has 3 aromatic carbocycles. The second-order valence-corrected chi connectivity index (χ2v) is 8.41. The Morgan fingerprint density at radius 3 is 2.09 bits per heavy atom. The van der Waals surface area contributed by atoms with E-state index in [9.17, 15) is 9.59 Å². The molecule has 1 aliphatic heterocycles. The third kappa shape index (κ3) is 3.99. The third-order valence-corrected chi connectivity index (χ3v) is 6.11. The number of cyclic esters (lactones) is 1. The minimum atomic E-state index is -1.67. The van der Waals surface area contributed by atoms with Gasteiger partial charge in [-0.2, -0.15) is 0 Å². The summed E-state index contributed by atoms with van der Waals surface area (Å²) in [6.45, 7) is 1.81. The molecule has 170 valence electrons. The van der Waals surface area contributed by atoms with Gasteiger partial charge in [0.25, 0.3) is 11.5 Å². The van der Waals surface area contributed by atoms with Gasteiger partial charge in [-0.1, -0.05) is 91.0 Å². The maximum Gasteiger partial charge on any atom is 0.418 e. The van der Waals surface area contributed by atoms with Crippen LogP contribution < -0.4 is 0 Å². The summed E-state index contributed by atoms with van der Waals surface area (Å²) in [5.41, 5.74) is 1.05. The topological polar surface area (TPSA) is 72.6 Å². The van der Waals surface area contributed by atoms with Gasteiger partial charge in [0.1, 0.15) is 5.76 Å². The van der Waals surface area contributed by atoms with Gasteiger partial charge < -0.3 is 9.15 Å². The SMILES string of the molecule is C[C@H](c1ccccc1)N1C(=O)O[C@](Cc2ccccc2)(c2ncc(Cc3ccccc3)o2)C1=O. The lowest BCUT2D eigenvalue weighted by atomic mass is 9.92. The normalized spacial score (nSPS) is 18.7. The van der Waals surface area contributed by atoms with Crippen molar-refractivity contribution in [2.45, 2.75) is 31.4 Å². The molecule has 2 amide bonds. The van der Waals surface area contributed by atoms with Gasteiger partial charge in [0.2, 0.25) is 5.89 Å². The molecule has 2 heterocycles. The summed E-state index contributed by atoms with van der Waals surface area (Å²) in [4.78, 5) is 32.6. The number of benzene rings is 3. The molecular weight excluding hydrogens is 428 g/mol. The summed E-state index contributed by atoms with van der Waals surface area (Å²) in [7, 11) is 0. The zero-order valence-electron chi connectivity index (χ0n) is 18.8. The lowest BCUT2D eigenvalue weighted by molar-refractivity contribution is -0.140. The molecule has 5 rings (SSSR count). The summed E-state index contributed by atoms with van der Waals surface area (Å²) < 4.78 is 11.9. The molecule has 0 saturated carbocycles. The van der Waals surface area contributed by atoms with Crippen LogP contribution in [0.15, 0.2) is 102 Å². The lowest BCUT2D eigenvalue weighted by Crippen LogP contribution is -2.41. The van der Waals surface area contributed by atoms with E-state index in [2.05, 4.69) is 4.98 Å². The first-order valence-corrected chi connectivity index (χ1v) is 11.2. The number of carbonyl (C=O) groups excluding carboxylic acids is 2. The summed E-state index contributed by atoms with van der Waals surface area (Å²) in [6.07, 6.45) is 1.53. The molecule has 0 unspecified atom stereocenters. The highest BCUT2D eigenvalue weighted by molar-refractivity contribution is 6.03. The highest BCUT2D eigenvalue weighted by atomic mass is 16.6. The van der Waals surface area contributed by atoms with Crippen molar-refractivity contribution < 1.29 is 18.7 Å². The zero-order valence-corrected chi connectivity index (χ0v) is 18.8. The van der Waals surface area contributed by atoms with E-state index in [1.807, 2.05) is 97.9 Å². The van der Waals surface area contributed by atoms with E-state index < -0.39 is 23.6 Å². The van der Waals surface area contributed by atoms with Gasteiger partial charge in [-0.25, -0.2) is 14.7 Å². The van der Waals surface area contributed by atoms with Crippen LogP contribution in [0.1, 0.15) is 41.3 Å². The fourth-order valence-electron chi connectivity index (χ4n) is 4.31. The van der Waals surface area contributed by atoms with E-state index in [0.29, 0.717) is 12.2 Å². The van der Waals surface area contributed by atoms with Gasteiger partial charge >= 0.3 is 6.09 Å². The molecule has 1 aliphatic rings. The number of aromatic nitrogens is 1. The van der Waals surface area contributed by atoms with Gasteiger partial charge in [0.05, 0.1) is 12.2 Å². The average molecular weight is 453 g/mol. The number of rotatable bonds is 7. The van der Waals surface area contributed by atoms with Crippen molar-refractivity contribution in [2.75, 3.05) is 0 Å². The quantitative estimate of drug-likeness (QED) is 0.373. The van der Waals surface area contributed by atoms with Crippen molar-refractivity contribution in [3.8, 4) is 0 Å². The summed E-state index contributed by atoms with van der Waals surface area (Å²) in [5.74, 6) is 0.196. The Morgan fingerprint density at radius 1 is 0.853 bits per heavy atom. The highest BCUT2D eigenvalue weighted by Crippen LogP contribution is 2.41. The Balaban J connectivity index is 1.52. The number of carbonyl (C=O) groups is 2. The zero-order chi connectivity index (χ0) is 23.5. The molecule has 6 heteroatoms. The molecule has 0 N–H and O–H groups in total. The number of oxazole rings is 1. The van der Waals surface area contributed by atoms with Crippen molar-refractivity contribution in [3.63, 3.8) is 0 Å². The first kappa shape index (κ1) is 21.6. The molecule has 2 atom stereocenters. The van der Waals surface area contributed by atoms with E-state index in [1.54, 1.807) is 6.20 Å². The molecule has 0 aliphatic carbocycles. The summed E-state index contributed by atoms with van der Waals surface area (Å²) in [5, 5.41) is 0. The minimum absolute atomic E-state index is 0.0865. The molecule has 0 radical (unpaired) electrons. The van der Waals surface area contributed by atoms with Crippen LogP contribution in [0.25, 0.3) is 0 Å². The Labute approximate surface area is 197 Å². The Kier molecular flexibility index (Phi) is 5.72. The van der Waals surface area contributed by atoms with Crippen molar-refractivity contribution in [1.82, 2.24) is 9.88 Å². The van der Waals surface area contributed by atoms with E-state index >= 15 is 0 Å². The molecule has 0 bridgehead atoms. The highest BCUT2D eigenvalue weighted by Gasteiger charge is 2.59. The van der Waals surface area contributed by atoms with E-state index in [0.717, 1.165) is 16.7 Å². The smallest absolute Gasteiger partial charge is 0.418 e. The largest absolute Gasteiger partial charge is 0.441 e. The number of hydrogen-bond acceptors (Lipinski definition) is 5. The standard InChI is InChI=1S/C28H24N2O4/c1-20(23-15-9-4-10-16-23)30-26(31)28(34-27(30)32,18-22-13-7-3-8-14-22)25-29-19-24(33-25)17-21-11-5-2-6-12-21/h2-16,19-20H,17-18H2,1H3/t20-,28-/m1/s1. The molecule has 1 aromatic heterocycles. The molecule has 4 aromatic rings. The number of amides is 2. The van der Waals surface area contributed by atoms with Crippen LogP contribution in [0.2, 0.25) is 0 Å². The number of ether oxygens (including phenoxy) is 1. The molecule has 34 heavy (non-hydrogen) atoms. The molecule has 6 nitrogen and oxygen atoms in total. The van der Waals surface area contributed by atoms with E-state index in [-0.39, 0.29) is 12.3 Å². The van der Waals surface area contributed by atoms with Crippen LogP contribution >= 0.6 is 0 Å². The second-order valence-electron chi connectivity index (χ2n) is 8.41. The van der Waals surface area contributed by atoms with Crippen LogP contribution in [0, 0.1) is 0 Å². The molecule has 1 fully saturated rings. The maximum atomic E-state index is 13.9. The first-order chi connectivity index (χ1) is 16.6. The lowest BCUT2D eigenvalue weighted by Gasteiger charge is -2.24. The predicted octanol–water partition coefficient (Wildman–Crippen LogP) is 5.44. The molecular formula is C28H24N2O4. The summed E-state index contributed by atoms with van der Waals surface area (Å²) in [6, 6.07) is 28.2. The van der Waals surface area contributed by atoms with Gasteiger partial charge in [-0.15, -0.1) is 0 Å². The second kappa shape index (κ2) is 8.98. The van der Waals surface area contributed by atoms with Crippen molar-refractivity contribution in [2.24, 2.45) is 0 Å². The van der Waals surface area contributed by atoms with Crippen LogP contribution in [0.3, 0.4) is 0 Å². The first-order valence-electron chi connectivity index (χ1n) is 11.2. The number of nitrogens with zero attached hydrogens (tertiary/aromatic N) is 2. The molecule has 0 spiro atoms. The van der Waals surface area contributed by atoms with Crippen molar-refractivity contribution in [3.05, 3.63) is 126 Å².